The third-order valence-electron chi connectivity index (χ3n) is 2.07. The molecular weight excluding hydrogens is 254 g/mol. The fourth-order valence-corrected chi connectivity index (χ4v) is 1.53. The van der Waals surface area contributed by atoms with Crippen molar-refractivity contribution in [3.8, 4) is 0 Å². The van der Waals surface area contributed by atoms with Crippen LogP contribution >= 0.6 is 11.6 Å². The van der Waals surface area contributed by atoms with Crippen molar-refractivity contribution in [3.63, 3.8) is 0 Å². The number of hydrogen-bond donors (Lipinski definition) is 2. The van der Waals surface area contributed by atoms with Gasteiger partial charge >= 0.3 is 6.09 Å². The Labute approximate surface area is 112 Å². The molecular formula is C13H18ClNO3. The van der Waals surface area contributed by atoms with Crippen molar-refractivity contribution < 1.29 is 14.6 Å². The van der Waals surface area contributed by atoms with E-state index in [1.54, 1.807) is 39.0 Å². The molecule has 4 nitrogen and oxygen atoms in total. The molecule has 0 aliphatic rings. The van der Waals surface area contributed by atoms with Gasteiger partial charge in [0.15, 0.2) is 0 Å². The van der Waals surface area contributed by atoms with Gasteiger partial charge in [-0.05, 0) is 44.9 Å². The van der Waals surface area contributed by atoms with Gasteiger partial charge in [0.2, 0.25) is 0 Å². The summed E-state index contributed by atoms with van der Waals surface area (Å²) in [6, 6.07) is 5.21. The number of aliphatic hydroxyl groups excluding tert-OH is 1. The lowest BCUT2D eigenvalue weighted by Gasteiger charge is -2.20. The Balaban J connectivity index is 2.77. The highest BCUT2D eigenvalue weighted by molar-refractivity contribution is 6.33. The number of amides is 1. The van der Waals surface area contributed by atoms with E-state index in [0.717, 1.165) is 5.56 Å². The summed E-state index contributed by atoms with van der Waals surface area (Å²) in [5.41, 5.74) is 0.823. The Morgan fingerprint density at radius 3 is 2.67 bits per heavy atom. The van der Waals surface area contributed by atoms with Crippen molar-refractivity contribution in [2.24, 2.45) is 0 Å². The Bertz CT molecular complexity index is 427. The molecule has 0 aromatic heterocycles. The van der Waals surface area contributed by atoms with Gasteiger partial charge in [0.25, 0.3) is 0 Å². The second kappa shape index (κ2) is 6.07. The van der Waals surface area contributed by atoms with Crippen molar-refractivity contribution >= 4 is 23.4 Å². The third kappa shape index (κ3) is 4.94. The van der Waals surface area contributed by atoms with E-state index in [1.165, 1.54) is 0 Å². The molecule has 1 aromatic rings. The summed E-state index contributed by atoms with van der Waals surface area (Å²) in [5.74, 6) is 0. The van der Waals surface area contributed by atoms with Crippen LogP contribution < -0.4 is 5.32 Å². The van der Waals surface area contributed by atoms with Gasteiger partial charge in [0, 0.05) is 6.61 Å². The summed E-state index contributed by atoms with van der Waals surface area (Å²) in [4.78, 5) is 11.6. The van der Waals surface area contributed by atoms with Crippen LogP contribution in [0.2, 0.25) is 5.02 Å². The molecule has 1 aromatic carbocycles. The number of hydrogen-bond acceptors (Lipinski definition) is 3. The van der Waals surface area contributed by atoms with E-state index in [9.17, 15) is 4.79 Å². The van der Waals surface area contributed by atoms with Crippen LogP contribution in [-0.4, -0.2) is 23.4 Å². The second-order valence-corrected chi connectivity index (χ2v) is 5.32. The van der Waals surface area contributed by atoms with Gasteiger partial charge < -0.3 is 9.84 Å². The van der Waals surface area contributed by atoms with Gasteiger partial charge in [0.1, 0.15) is 5.60 Å². The maximum atomic E-state index is 11.6. The van der Waals surface area contributed by atoms with Gasteiger partial charge in [-0.25, -0.2) is 4.79 Å². The number of rotatable bonds is 3. The zero-order valence-corrected chi connectivity index (χ0v) is 11.5. The number of carbonyl (C=O) groups is 1. The standard InChI is InChI=1S/C13H18ClNO3/c1-13(2,3)18-12(17)15-11-8-9(6-7-16)4-5-10(11)14/h4-5,8,16H,6-7H2,1-3H3,(H,15,17). The number of ether oxygens (including phenoxy) is 1. The summed E-state index contributed by atoms with van der Waals surface area (Å²) in [6.07, 6.45) is -0.0364. The van der Waals surface area contributed by atoms with Crippen molar-refractivity contribution in [3.05, 3.63) is 28.8 Å². The lowest BCUT2D eigenvalue weighted by atomic mass is 10.1. The zero-order valence-electron chi connectivity index (χ0n) is 10.8. The Morgan fingerprint density at radius 1 is 1.44 bits per heavy atom. The van der Waals surface area contributed by atoms with E-state index < -0.39 is 11.7 Å². The van der Waals surface area contributed by atoms with E-state index in [0.29, 0.717) is 17.1 Å². The van der Waals surface area contributed by atoms with Crippen molar-refractivity contribution in [1.82, 2.24) is 0 Å². The van der Waals surface area contributed by atoms with Crippen molar-refractivity contribution in [2.75, 3.05) is 11.9 Å². The largest absolute Gasteiger partial charge is 0.444 e. The van der Waals surface area contributed by atoms with Crippen LogP contribution in [0.15, 0.2) is 18.2 Å². The summed E-state index contributed by atoms with van der Waals surface area (Å²) in [5, 5.41) is 11.9. The highest BCUT2D eigenvalue weighted by Gasteiger charge is 2.17. The molecule has 1 rings (SSSR count). The second-order valence-electron chi connectivity index (χ2n) is 4.91. The van der Waals surface area contributed by atoms with E-state index >= 15 is 0 Å². The fourth-order valence-electron chi connectivity index (χ4n) is 1.37. The smallest absolute Gasteiger partial charge is 0.412 e. The summed E-state index contributed by atoms with van der Waals surface area (Å²) in [6.45, 7) is 5.41. The number of benzene rings is 1. The van der Waals surface area contributed by atoms with Gasteiger partial charge in [-0.3, -0.25) is 5.32 Å². The molecule has 0 spiro atoms. The molecule has 0 unspecified atom stereocenters. The van der Waals surface area contributed by atoms with Crippen LogP contribution in [0.25, 0.3) is 0 Å². The minimum atomic E-state index is -0.556. The number of halogens is 1. The summed E-state index contributed by atoms with van der Waals surface area (Å²) < 4.78 is 5.14. The first-order valence-electron chi connectivity index (χ1n) is 5.71. The Kier molecular flexibility index (Phi) is 4.99. The molecule has 0 saturated carbocycles. The number of carbonyl (C=O) groups excluding carboxylic acids is 1. The monoisotopic (exact) mass is 271 g/mol. The Morgan fingerprint density at radius 2 is 2.11 bits per heavy atom. The average molecular weight is 272 g/mol. The highest BCUT2D eigenvalue weighted by atomic mass is 35.5. The zero-order chi connectivity index (χ0) is 13.8. The van der Waals surface area contributed by atoms with Crippen LogP contribution in [0.5, 0.6) is 0 Å². The SMILES string of the molecule is CC(C)(C)OC(=O)Nc1cc(CCO)ccc1Cl. The molecule has 0 radical (unpaired) electrons. The molecule has 0 aliphatic carbocycles. The predicted molar refractivity (Wildman–Crippen MR) is 72.1 cm³/mol. The first kappa shape index (κ1) is 14.8. The maximum Gasteiger partial charge on any atom is 0.412 e. The minimum Gasteiger partial charge on any atom is -0.444 e. The van der Waals surface area contributed by atoms with Gasteiger partial charge in [-0.1, -0.05) is 17.7 Å². The molecule has 5 heteroatoms. The van der Waals surface area contributed by atoms with Crippen LogP contribution in [0.4, 0.5) is 10.5 Å². The number of anilines is 1. The predicted octanol–water partition coefficient (Wildman–Crippen LogP) is 3.22. The fraction of sp³-hybridized carbons (Fsp3) is 0.462. The quantitative estimate of drug-likeness (QED) is 0.887. The normalized spacial score (nSPS) is 11.2. The number of nitrogens with one attached hydrogen (secondary N) is 1. The molecule has 2 N–H and O–H groups in total. The van der Waals surface area contributed by atoms with E-state index in [-0.39, 0.29) is 6.61 Å². The molecule has 100 valence electrons. The van der Waals surface area contributed by atoms with Gasteiger partial charge in [-0.15, -0.1) is 0 Å². The van der Waals surface area contributed by atoms with Gasteiger partial charge in [0.05, 0.1) is 10.7 Å². The first-order chi connectivity index (χ1) is 8.31. The molecule has 1 amide bonds. The highest BCUT2D eigenvalue weighted by Crippen LogP contribution is 2.24. The topological polar surface area (TPSA) is 58.6 Å². The summed E-state index contributed by atoms with van der Waals surface area (Å²) in [7, 11) is 0. The molecule has 0 aliphatic heterocycles. The maximum absolute atomic E-state index is 11.6. The summed E-state index contributed by atoms with van der Waals surface area (Å²) >= 11 is 5.98. The van der Waals surface area contributed by atoms with Crippen LogP contribution in [0.3, 0.4) is 0 Å². The van der Waals surface area contributed by atoms with E-state index in [2.05, 4.69) is 5.32 Å². The van der Waals surface area contributed by atoms with Crippen molar-refractivity contribution in [2.45, 2.75) is 32.8 Å². The lowest BCUT2D eigenvalue weighted by Crippen LogP contribution is -2.27. The van der Waals surface area contributed by atoms with Crippen LogP contribution in [0, 0.1) is 0 Å². The lowest BCUT2D eigenvalue weighted by molar-refractivity contribution is 0.0636. The average Bonchev–Trinajstić information content (AvgIpc) is 2.20. The molecule has 0 atom stereocenters. The van der Waals surface area contributed by atoms with Gasteiger partial charge in [-0.2, -0.15) is 0 Å². The molecule has 0 fully saturated rings. The van der Waals surface area contributed by atoms with Crippen molar-refractivity contribution in [1.29, 1.82) is 0 Å². The minimum absolute atomic E-state index is 0.0491. The molecule has 0 heterocycles. The third-order valence-corrected chi connectivity index (χ3v) is 2.40. The van der Waals surface area contributed by atoms with E-state index in [1.807, 2.05) is 0 Å². The number of aliphatic hydroxyl groups is 1. The molecule has 0 saturated heterocycles. The van der Waals surface area contributed by atoms with Crippen LogP contribution in [0.1, 0.15) is 26.3 Å². The first-order valence-corrected chi connectivity index (χ1v) is 6.09. The van der Waals surface area contributed by atoms with Crippen LogP contribution in [-0.2, 0) is 11.2 Å². The molecule has 18 heavy (non-hydrogen) atoms. The molecule has 0 bridgehead atoms. The Hall–Kier alpha value is -1.26. The van der Waals surface area contributed by atoms with E-state index in [4.69, 9.17) is 21.4 Å².